The molecule has 0 bridgehead atoms. The second-order valence-electron chi connectivity index (χ2n) is 13.3. The number of nitrogens with zero attached hydrogens (tertiary/aromatic N) is 2. The molecule has 0 radical (unpaired) electrons. The summed E-state index contributed by atoms with van der Waals surface area (Å²) in [6.45, 7) is 4.72. The van der Waals surface area contributed by atoms with E-state index in [2.05, 4.69) is 193 Å². The fourth-order valence-corrected chi connectivity index (χ4v) is 7.86. The van der Waals surface area contributed by atoms with Gasteiger partial charge in [0, 0.05) is 38.9 Å². The SMILES string of the molecule is CC1(C)C2=CC(N(c3ccccc3)c3ccc(-c4ccc5c(c4)c4ccccc4n5-c4ccccc4)cc3)=CCC=C2c2ccccc21. The van der Waals surface area contributed by atoms with Crippen LogP contribution in [0.3, 0.4) is 0 Å². The molecule has 0 N–H and O–H groups in total. The van der Waals surface area contributed by atoms with Crippen LogP contribution in [0.4, 0.5) is 11.4 Å². The number of aromatic nitrogens is 1. The second kappa shape index (κ2) is 11.1. The van der Waals surface area contributed by atoms with Crippen molar-refractivity contribution >= 4 is 38.8 Å². The average Bonchev–Trinajstić information content (AvgIpc) is 3.44. The first-order valence-corrected chi connectivity index (χ1v) is 16.8. The Morgan fingerprint density at radius 2 is 1.21 bits per heavy atom. The van der Waals surface area contributed by atoms with Crippen LogP contribution >= 0.6 is 0 Å². The zero-order valence-corrected chi connectivity index (χ0v) is 27.3. The summed E-state index contributed by atoms with van der Waals surface area (Å²) in [7, 11) is 0. The zero-order valence-electron chi connectivity index (χ0n) is 27.3. The van der Waals surface area contributed by atoms with Crippen LogP contribution in [0.5, 0.6) is 0 Å². The fourth-order valence-electron chi connectivity index (χ4n) is 7.86. The van der Waals surface area contributed by atoms with Crippen molar-refractivity contribution in [1.82, 2.24) is 4.57 Å². The molecule has 2 aliphatic carbocycles. The number of rotatable bonds is 5. The van der Waals surface area contributed by atoms with Crippen molar-refractivity contribution in [2.24, 2.45) is 0 Å². The van der Waals surface area contributed by atoms with E-state index in [1.54, 1.807) is 0 Å². The molecule has 9 rings (SSSR count). The molecular weight excluding hydrogens is 581 g/mol. The van der Waals surface area contributed by atoms with Crippen molar-refractivity contribution in [3.05, 3.63) is 192 Å². The number of para-hydroxylation sites is 3. The van der Waals surface area contributed by atoms with Gasteiger partial charge >= 0.3 is 0 Å². The lowest BCUT2D eigenvalue weighted by Crippen LogP contribution is -2.19. The molecule has 0 aliphatic heterocycles. The Bertz CT molecular complexity index is 2420. The van der Waals surface area contributed by atoms with Crippen molar-refractivity contribution in [2.75, 3.05) is 4.90 Å². The van der Waals surface area contributed by atoms with Gasteiger partial charge in [-0.2, -0.15) is 0 Å². The lowest BCUT2D eigenvalue weighted by Gasteiger charge is -2.28. The standard InChI is InChI=1S/C46H36N2/c1-46(2)42-22-11-9-19-38(42)39-21-13-18-37(31-43(39)46)47(34-14-5-3-6-15-34)36-27-24-32(25-28-36)33-26-29-45-41(30-33)40-20-10-12-23-44(40)48(45)35-16-7-4-8-17-35/h3-12,14-31H,13H2,1-2H3. The van der Waals surface area contributed by atoms with Crippen LogP contribution < -0.4 is 4.90 Å². The van der Waals surface area contributed by atoms with Crippen LogP contribution in [0, 0.1) is 0 Å². The molecule has 0 fully saturated rings. The third kappa shape index (κ3) is 4.48. The van der Waals surface area contributed by atoms with Crippen LogP contribution in [0.1, 0.15) is 31.4 Å². The van der Waals surface area contributed by atoms with Gasteiger partial charge in [0.15, 0.2) is 0 Å². The van der Waals surface area contributed by atoms with Gasteiger partial charge in [0.2, 0.25) is 0 Å². The quantitative estimate of drug-likeness (QED) is 0.187. The van der Waals surface area contributed by atoms with Crippen LogP contribution in [0.2, 0.25) is 0 Å². The van der Waals surface area contributed by atoms with E-state index in [0.717, 1.165) is 17.8 Å². The predicted octanol–water partition coefficient (Wildman–Crippen LogP) is 12.2. The highest BCUT2D eigenvalue weighted by molar-refractivity contribution is 6.10. The van der Waals surface area contributed by atoms with Gasteiger partial charge in [-0.15, -0.1) is 0 Å². The van der Waals surface area contributed by atoms with Gasteiger partial charge < -0.3 is 9.47 Å². The van der Waals surface area contributed by atoms with E-state index in [1.165, 1.54) is 66.6 Å². The lowest BCUT2D eigenvalue weighted by molar-refractivity contribution is 0.660. The Hall–Kier alpha value is -5.86. The zero-order chi connectivity index (χ0) is 32.2. The highest BCUT2D eigenvalue weighted by atomic mass is 15.1. The minimum absolute atomic E-state index is 0.0691. The normalized spacial score (nSPS) is 14.9. The molecule has 0 amide bonds. The Morgan fingerprint density at radius 3 is 2.02 bits per heavy atom. The summed E-state index contributed by atoms with van der Waals surface area (Å²) in [6.07, 6.45) is 8.08. The van der Waals surface area contributed by atoms with Crippen LogP contribution in [0.25, 0.3) is 44.2 Å². The topological polar surface area (TPSA) is 8.17 Å². The summed E-state index contributed by atoms with van der Waals surface area (Å²) in [4.78, 5) is 2.41. The summed E-state index contributed by atoms with van der Waals surface area (Å²) in [6, 6.07) is 55.0. The molecular formula is C46H36N2. The van der Waals surface area contributed by atoms with Crippen LogP contribution in [0.15, 0.2) is 181 Å². The Morgan fingerprint density at radius 1 is 0.562 bits per heavy atom. The van der Waals surface area contributed by atoms with Gasteiger partial charge in [-0.25, -0.2) is 0 Å². The number of hydrogen-bond acceptors (Lipinski definition) is 1. The number of fused-ring (bicyclic) bond motifs is 6. The third-order valence-electron chi connectivity index (χ3n) is 10.2. The van der Waals surface area contributed by atoms with E-state index in [1.807, 2.05) is 0 Å². The summed E-state index contributed by atoms with van der Waals surface area (Å²) < 4.78 is 2.37. The lowest BCUT2D eigenvalue weighted by atomic mass is 9.82. The number of anilines is 2. The average molecular weight is 617 g/mol. The largest absolute Gasteiger partial charge is 0.311 e. The highest BCUT2D eigenvalue weighted by Gasteiger charge is 2.38. The van der Waals surface area contributed by atoms with Gasteiger partial charge in [0.05, 0.1) is 11.0 Å². The summed E-state index contributed by atoms with van der Waals surface area (Å²) in [5.74, 6) is 0. The molecule has 6 aromatic carbocycles. The Kier molecular flexibility index (Phi) is 6.58. The van der Waals surface area contributed by atoms with E-state index < -0.39 is 0 Å². The molecule has 1 heterocycles. The Balaban J connectivity index is 1.12. The fraction of sp³-hybridized carbons (Fsp3) is 0.0870. The van der Waals surface area contributed by atoms with Gasteiger partial charge in [-0.1, -0.05) is 123 Å². The summed E-state index contributed by atoms with van der Waals surface area (Å²) in [5, 5.41) is 2.53. The van der Waals surface area contributed by atoms with E-state index in [4.69, 9.17) is 0 Å². The van der Waals surface area contributed by atoms with Gasteiger partial charge in [0.1, 0.15) is 0 Å². The maximum atomic E-state index is 2.43. The maximum absolute atomic E-state index is 2.43. The smallest absolute Gasteiger partial charge is 0.0541 e. The number of allylic oxidation sites excluding steroid dienone is 5. The number of hydrogen-bond donors (Lipinski definition) is 0. The molecule has 1 aromatic heterocycles. The molecule has 0 saturated heterocycles. The van der Waals surface area contributed by atoms with Gasteiger partial charge in [-0.05, 0) is 100 Å². The first-order valence-electron chi connectivity index (χ1n) is 16.8. The van der Waals surface area contributed by atoms with E-state index >= 15 is 0 Å². The summed E-state index contributed by atoms with van der Waals surface area (Å²) >= 11 is 0. The molecule has 0 unspecified atom stereocenters. The van der Waals surface area contributed by atoms with Crippen LogP contribution in [-0.4, -0.2) is 4.57 Å². The van der Waals surface area contributed by atoms with E-state index in [-0.39, 0.29) is 5.41 Å². The maximum Gasteiger partial charge on any atom is 0.0541 e. The van der Waals surface area contributed by atoms with Gasteiger partial charge in [0.25, 0.3) is 0 Å². The molecule has 2 aliphatic rings. The predicted molar refractivity (Wildman–Crippen MR) is 203 cm³/mol. The molecule has 230 valence electrons. The first kappa shape index (κ1) is 28.4. The monoisotopic (exact) mass is 616 g/mol. The van der Waals surface area contributed by atoms with Crippen molar-refractivity contribution in [1.29, 1.82) is 0 Å². The van der Waals surface area contributed by atoms with Crippen LogP contribution in [-0.2, 0) is 5.41 Å². The molecule has 2 nitrogen and oxygen atoms in total. The molecule has 0 saturated carbocycles. The Labute approximate surface area is 282 Å². The molecule has 7 aromatic rings. The second-order valence-corrected chi connectivity index (χ2v) is 13.3. The van der Waals surface area contributed by atoms with Crippen molar-refractivity contribution in [3.63, 3.8) is 0 Å². The van der Waals surface area contributed by atoms with E-state index in [9.17, 15) is 0 Å². The minimum atomic E-state index is -0.0691. The highest BCUT2D eigenvalue weighted by Crippen LogP contribution is 2.51. The van der Waals surface area contributed by atoms with Crippen molar-refractivity contribution in [3.8, 4) is 16.8 Å². The van der Waals surface area contributed by atoms with Crippen molar-refractivity contribution < 1.29 is 0 Å². The molecule has 2 heteroatoms. The molecule has 0 spiro atoms. The van der Waals surface area contributed by atoms with Gasteiger partial charge in [-0.3, -0.25) is 0 Å². The van der Waals surface area contributed by atoms with E-state index in [0.29, 0.717) is 0 Å². The van der Waals surface area contributed by atoms with Crippen molar-refractivity contribution in [2.45, 2.75) is 25.7 Å². The number of benzene rings is 6. The summed E-state index contributed by atoms with van der Waals surface area (Å²) in [5.41, 5.74) is 15.0. The first-order chi connectivity index (χ1) is 23.6. The molecule has 0 atom stereocenters. The molecule has 48 heavy (non-hydrogen) atoms. The minimum Gasteiger partial charge on any atom is -0.311 e. The third-order valence-corrected chi connectivity index (χ3v) is 10.2.